The van der Waals surface area contributed by atoms with Gasteiger partial charge in [-0.25, -0.2) is 12.7 Å². The predicted molar refractivity (Wildman–Crippen MR) is 67.8 cm³/mol. The van der Waals surface area contributed by atoms with Crippen molar-refractivity contribution in [2.75, 3.05) is 13.1 Å². The standard InChI is InChI=1S/C12H18N2O2S/c13-12-7-4-8-14(9-12)17(15,16)10-11-5-2-1-3-6-11/h1-3,5-6,12H,4,7-10,13H2. The summed E-state index contributed by atoms with van der Waals surface area (Å²) in [5.74, 6) is 0.0700. The molecule has 4 nitrogen and oxygen atoms in total. The van der Waals surface area contributed by atoms with Crippen LogP contribution in [0.2, 0.25) is 0 Å². The fourth-order valence-electron chi connectivity index (χ4n) is 2.10. The lowest BCUT2D eigenvalue weighted by Gasteiger charge is -2.29. The van der Waals surface area contributed by atoms with Gasteiger partial charge in [0.15, 0.2) is 0 Å². The van der Waals surface area contributed by atoms with Crippen molar-refractivity contribution >= 4 is 10.0 Å². The van der Waals surface area contributed by atoms with Crippen molar-refractivity contribution in [2.24, 2.45) is 5.73 Å². The van der Waals surface area contributed by atoms with Gasteiger partial charge in [0, 0.05) is 19.1 Å². The monoisotopic (exact) mass is 254 g/mol. The number of benzene rings is 1. The maximum atomic E-state index is 12.2. The third-order valence-electron chi connectivity index (χ3n) is 3.01. The van der Waals surface area contributed by atoms with Gasteiger partial charge in [-0.1, -0.05) is 30.3 Å². The molecule has 0 saturated carbocycles. The van der Waals surface area contributed by atoms with Crippen molar-refractivity contribution in [3.8, 4) is 0 Å². The van der Waals surface area contributed by atoms with Gasteiger partial charge in [0.25, 0.3) is 0 Å². The number of nitrogens with zero attached hydrogens (tertiary/aromatic N) is 1. The van der Waals surface area contributed by atoms with Gasteiger partial charge in [0.05, 0.1) is 5.75 Å². The van der Waals surface area contributed by atoms with Crippen LogP contribution in [0.5, 0.6) is 0 Å². The first-order valence-corrected chi connectivity index (χ1v) is 7.46. The summed E-state index contributed by atoms with van der Waals surface area (Å²) in [6.07, 6.45) is 1.77. The number of hydrogen-bond donors (Lipinski definition) is 1. The van der Waals surface area contributed by atoms with Gasteiger partial charge < -0.3 is 5.73 Å². The number of rotatable bonds is 3. The van der Waals surface area contributed by atoms with Gasteiger partial charge in [0.2, 0.25) is 10.0 Å². The van der Waals surface area contributed by atoms with Crippen molar-refractivity contribution in [3.05, 3.63) is 35.9 Å². The van der Waals surface area contributed by atoms with Crippen LogP contribution in [0.3, 0.4) is 0 Å². The minimum Gasteiger partial charge on any atom is -0.327 e. The SMILES string of the molecule is NC1CCCN(S(=O)(=O)Cc2ccccc2)C1. The quantitative estimate of drug-likeness (QED) is 0.873. The molecule has 0 aliphatic carbocycles. The van der Waals surface area contributed by atoms with Crippen LogP contribution in [0.25, 0.3) is 0 Å². The first kappa shape index (κ1) is 12.5. The molecule has 1 saturated heterocycles. The summed E-state index contributed by atoms with van der Waals surface area (Å²) in [5.41, 5.74) is 6.63. The Morgan fingerprint density at radius 1 is 1.29 bits per heavy atom. The van der Waals surface area contributed by atoms with E-state index in [9.17, 15) is 8.42 Å². The summed E-state index contributed by atoms with van der Waals surface area (Å²) in [5, 5.41) is 0. The largest absolute Gasteiger partial charge is 0.327 e. The second-order valence-corrected chi connectivity index (χ2v) is 6.47. The third-order valence-corrected chi connectivity index (χ3v) is 4.82. The maximum Gasteiger partial charge on any atom is 0.218 e. The van der Waals surface area contributed by atoms with Gasteiger partial charge >= 0.3 is 0 Å². The van der Waals surface area contributed by atoms with Crippen molar-refractivity contribution < 1.29 is 8.42 Å². The fourth-order valence-corrected chi connectivity index (χ4v) is 3.72. The molecule has 1 aliphatic rings. The number of piperidine rings is 1. The molecule has 2 N–H and O–H groups in total. The van der Waals surface area contributed by atoms with E-state index in [1.807, 2.05) is 30.3 Å². The van der Waals surface area contributed by atoms with Crippen LogP contribution in [0.1, 0.15) is 18.4 Å². The van der Waals surface area contributed by atoms with Crippen molar-refractivity contribution in [3.63, 3.8) is 0 Å². The summed E-state index contributed by atoms with van der Waals surface area (Å²) >= 11 is 0. The lowest BCUT2D eigenvalue weighted by atomic mass is 10.1. The van der Waals surface area contributed by atoms with E-state index >= 15 is 0 Å². The van der Waals surface area contributed by atoms with Crippen LogP contribution >= 0.6 is 0 Å². The van der Waals surface area contributed by atoms with E-state index < -0.39 is 10.0 Å². The predicted octanol–water partition coefficient (Wildman–Crippen LogP) is 0.939. The molecule has 0 amide bonds. The molecule has 5 heteroatoms. The molecule has 1 heterocycles. The molecule has 17 heavy (non-hydrogen) atoms. The Hall–Kier alpha value is -0.910. The van der Waals surface area contributed by atoms with Gasteiger partial charge in [-0.05, 0) is 18.4 Å². The van der Waals surface area contributed by atoms with E-state index in [-0.39, 0.29) is 11.8 Å². The van der Waals surface area contributed by atoms with E-state index in [4.69, 9.17) is 5.73 Å². The highest BCUT2D eigenvalue weighted by Gasteiger charge is 2.27. The zero-order chi connectivity index (χ0) is 12.3. The maximum absolute atomic E-state index is 12.2. The molecular formula is C12H18N2O2S. The van der Waals surface area contributed by atoms with Crippen molar-refractivity contribution in [2.45, 2.75) is 24.6 Å². The van der Waals surface area contributed by atoms with Crippen LogP contribution < -0.4 is 5.73 Å². The lowest BCUT2D eigenvalue weighted by molar-refractivity contribution is 0.316. The van der Waals surface area contributed by atoms with Crippen LogP contribution in [0, 0.1) is 0 Å². The summed E-state index contributed by atoms with van der Waals surface area (Å²) in [6, 6.07) is 9.24. The molecule has 0 radical (unpaired) electrons. The second kappa shape index (κ2) is 5.16. The van der Waals surface area contributed by atoms with Gasteiger partial charge in [-0.2, -0.15) is 0 Å². The molecule has 1 unspecified atom stereocenters. The molecule has 1 aromatic rings. The summed E-state index contributed by atoms with van der Waals surface area (Å²) in [6.45, 7) is 1.05. The second-order valence-electron chi connectivity index (χ2n) is 4.50. The average Bonchev–Trinajstić information content (AvgIpc) is 2.30. The Kier molecular flexibility index (Phi) is 3.81. The van der Waals surface area contributed by atoms with Crippen LogP contribution in [0.4, 0.5) is 0 Å². The summed E-state index contributed by atoms with van der Waals surface area (Å²) in [4.78, 5) is 0. The Bertz CT molecular complexity index is 459. The smallest absolute Gasteiger partial charge is 0.218 e. The van der Waals surface area contributed by atoms with Gasteiger partial charge in [0.1, 0.15) is 0 Å². The minimum absolute atomic E-state index is 0.0192. The highest BCUT2D eigenvalue weighted by atomic mass is 32.2. The molecule has 1 aromatic carbocycles. The van der Waals surface area contributed by atoms with Gasteiger partial charge in [-0.15, -0.1) is 0 Å². The Balaban J connectivity index is 2.08. The normalized spacial score (nSPS) is 22.5. The highest BCUT2D eigenvalue weighted by Crippen LogP contribution is 2.16. The molecule has 0 spiro atoms. The van der Waals surface area contributed by atoms with Gasteiger partial charge in [-0.3, -0.25) is 0 Å². The number of nitrogens with two attached hydrogens (primary N) is 1. The molecule has 0 aromatic heterocycles. The Morgan fingerprint density at radius 2 is 2.00 bits per heavy atom. The van der Waals surface area contributed by atoms with Crippen molar-refractivity contribution in [1.82, 2.24) is 4.31 Å². The molecule has 0 bridgehead atoms. The molecule has 2 rings (SSSR count). The van der Waals surface area contributed by atoms with E-state index in [1.54, 1.807) is 0 Å². The highest BCUT2D eigenvalue weighted by molar-refractivity contribution is 7.88. The van der Waals surface area contributed by atoms with Crippen LogP contribution in [-0.4, -0.2) is 31.9 Å². The van der Waals surface area contributed by atoms with Crippen LogP contribution in [-0.2, 0) is 15.8 Å². The lowest BCUT2D eigenvalue weighted by Crippen LogP contribution is -2.46. The Morgan fingerprint density at radius 3 is 2.65 bits per heavy atom. The fraction of sp³-hybridized carbons (Fsp3) is 0.500. The minimum atomic E-state index is -3.22. The molecule has 1 aliphatic heterocycles. The topological polar surface area (TPSA) is 63.4 Å². The van der Waals surface area contributed by atoms with E-state index in [0.29, 0.717) is 13.1 Å². The third kappa shape index (κ3) is 3.28. The first-order valence-electron chi connectivity index (χ1n) is 5.85. The average molecular weight is 254 g/mol. The summed E-state index contributed by atoms with van der Waals surface area (Å²) < 4.78 is 25.9. The molecule has 1 fully saturated rings. The van der Waals surface area contributed by atoms with Crippen LogP contribution in [0.15, 0.2) is 30.3 Å². The van der Waals surface area contributed by atoms with Crippen molar-refractivity contribution in [1.29, 1.82) is 0 Å². The number of hydrogen-bond acceptors (Lipinski definition) is 3. The Labute approximate surface area is 102 Å². The van der Waals surface area contributed by atoms with E-state index in [1.165, 1.54) is 4.31 Å². The first-order chi connectivity index (χ1) is 8.08. The zero-order valence-electron chi connectivity index (χ0n) is 9.75. The molecule has 1 atom stereocenters. The number of sulfonamides is 1. The zero-order valence-corrected chi connectivity index (χ0v) is 10.6. The molecular weight excluding hydrogens is 236 g/mol. The van der Waals surface area contributed by atoms with E-state index in [2.05, 4.69) is 0 Å². The summed E-state index contributed by atoms with van der Waals surface area (Å²) in [7, 11) is -3.22. The van der Waals surface area contributed by atoms with E-state index in [0.717, 1.165) is 18.4 Å². The molecule has 94 valence electrons.